The predicted octanol–water partition coefficient (Wildman–Crippen LogP) is 3.36. The van der Waals surface area contributed by atoms with Gasteiger partial charge in [0.25, 0.3) is 0 Å². The van der Waals surface area contributed by atoms with Crippen molar-refractivity contribution in [3.8, 4) is 11.8 Å². The van der Waals surface area contributed by atoms with E-state index in [-0.39, 0.29) is 30.5 Å². The van der Waals surface area contributed by atoms with Crippen LogP contribution >= 0.6 is 28.3 Å². The fraction of sp³-hybridized carbons (Fsp3) is 0.333. The van der Waals surface area contributed by atoms with Gasteiger partial charge < -0.3 is 16.2 Å². The molecular weight excluding hydrogens is 404 g/mol. The number of nitrogens with zero attached hydrogens (tertiary/aromatic N) is 2. The molecule has 0 unspecified atom stereocenters. The first kappa shape index (κ1) is 19.5. The zero-order valence-corrected chi connectivity index (χ0v) is 16.0. The minimum absolute atomic E-state index is 0. The third-order valence-electron chi connectivity index (χ3n) is 4.03. The van der Waals surface area contributed by atoms with E-state index in [0.29, 0.717) is 5.82 Å². The van der Waals surface area contributed by atoms with Gasteiger partial charge in [0.05, 0.1) is 17.9 Å². The van der Waals surface area contributed by atoms with Crippen LogP contribution in [-0.4, -0.2) is 27.2 Å². The van der Waals surface area contributed by atoms with E-state index in [1.165, 1.54) is 0 Å². The highest BCUT2D eigenvalue weighted by atomic mass is 79.9. The largest absolute Gasteiger partial charge is 0.393 e. The van der Waals surface area contributed by atoms with Crippen LogP contribution in [0.3, 0.4) is 0 Å². The zero-order valence-electron chi connectivity index (χ0n) is 13.6. The van der Waals surface area contributed by atoms with E-state index in [1.54, 1.807) is 6.20 Å². The normalized spacial score (nSPS) is 19.3. The molecule has 7 heteroatoms. The summed E-state index contributed by atoms with van der Waals surface area (Å²) in [6.07, 6.45) is 4.88. The number of halogens is 2. The summed E-state index contributed by atoms with van der Waals surface area (Å²) in [5.74, 6) is 7.12. The van der Waals surface area contributed by atoms with Gasteiger partial charge in [-0.15, -0.1) is 12.4 Å². The van der Waals surface area contributed by atoms with Gasteiger partial charge >= 0.3 is 0 Å². The first-order valence-corrected chi connectivity index (χ1v) is 8.74. The molecule has 1 aromatic heterocycles. The highest BCUT2D eigenvalue weighted by Crippen LogP contribution is 2.23. The molecule has 3 rings (SSSR count). The molecule has 0 aliphatic heterocycles. The van der Waals surface area contributed by atoms with Gasteiger partial charge in [0, 0.05) is 16.1 Å². The number of benzene rings is 1. The Bertz CT molecular complexity index is 765. The predicted molar refractivity (Wildman–Crippen MR) is 106 cm³/mol. The van der Waals surface area contributed by atoms with E-state index >= 15 is 0 Å². The number of aliphatic hydroxyl groups is 1. The average Bonchev–Trinajstić information content (AvgIpc) is 2.58. The molecule has 4 N–H and O–H groups in total. The topological polar surface area (TPSA) is 84.1 Å². The standard InChI is InChI=1S/C18H19BrN4O.ClH/c19-14-5-2-12(3-6-14)1-4-13-11-21-18(20)23-17(13)22-15-7-9-16(24)10-8-15;/h2-3,5-6,11,15-16,24H,7-10H2,(H3,20,21,22,23);1H. The molecule has 132 valence electrons. The summed E-state index contributed by atoms with van der Waals surface area (Å²) in [6.45, 7) is 0. The Morgan fingerprint density at radius 3 is 2.48 bits per heavy atom. The van der Waals surface area contributed by atoms with Crippen LogP contribution in [0.5, 0.6) is 0 Å². The van der Waals surface area contributed by atoms with Gasteiger partial charge in [-0.3, -0.25) is 0 Å². The van der Waals surface area contributed by atoms with Crippen LogP contribution < -0.4 is 11.1 Å². The quantitative estimate of drug-likeness (QED) is 0.645. The van der Waals surface area contributed by atoms with Crippen LogP contribution in [0.25, 0.3) is 0 Å². The molecule has 0 amide bonds. The number of nitrogen functional groups attached to an aromatic ring is 1. The smallest absolute Gasteiger partial charge is 0.222 e. The lowest BCUT2D eigenvalue weighted by molar-refractivity contribution is 0.126. The van der Waals surface area contributed by atoms with E-state index in [9.17, 15) is 5.11 Å². The summed E-state index contributed by atoms with van der Waals surface area (Å²) < 4.78 is 1.02. The van der Waals surface area contributed by atoms with Crippen LogP contribution in [0, 0.1) is 11.8 Å². The van der Waals surface area contributed by atoms with Crippen LogP contribution in [0.2, 0.25) is 0 Å². The number of hydrogen-bond donors (Lipinski definition) is 3. The van der Waals surface area contributed by atoms with Crippen molar-refractivity contribution in [2.24, 2.45) is 0 Å². The second-order valence-electron chi connectivity index (χ2n) is 5.90. The number of hydrogen-bond acceptors (Lipinski definition) is 5. The molecule has 1 fully saturated rings. The summed E-state index contributed by atoms with van der Waals surface area (Å²) in [4.78, 5) is 8.34. The number of nitrogens with two attached hydrogens (primary N) is 1. The number of aromatic nitrogens is 2. The lowest BCUT2D eigenvalue weighted by Crippen LogP contribution is -2.29. The third-order valence-corrected chi connectivity index (χ3v) is 4.56. The highest BCUT2D eigenvalue weighted by Gasteiger charge is 2.20. The molecule has 0 spiro atoms. The molecule has 0 bridgehead atoms. The Labute approximate surface area is 162 Å². The van der Waals surface area contributed by atoms with Crippen molar-refractivity contribution in [2.45, 2.75) is 37.8 Å². The van der Waals surface area contributed by atoms with Gasteiger partial charge in [0.15, 0.2) is 0 Å². The lowest BCUT2D eigenvalue weighted by atomic mass is 9.93. The number of nitrogens with one attached hydrogen (secondary N) is 1. The Kier molecular flexibility index (Phi) is 7.06. The maximum atomic E-state index is 9.62. The fourth-order valence-electron chi connectivity index (χ4n) is 2.68. The molecule has 1 aliphatic rings. The Hall–Kier alpha value is -1.81. The van der Waals surface area contributed by atoms with Gasteiger partial charge in [-0.05, 0) is 49.9 Å². The van der Waals surface area contributed by atoms with Gasteiger partial charge in [0.2, 0.25) is 5.95 Å². The van der Waals surface area contributed by atoms with E-state index in [0.717, 1.165) is 41.3 Å². The molecule has 1 heterocycles. The van der Waals surface area contributed by atoms with Gasteiger partial charge in [-0.1, -0.05) is 27.8 Å². The second-order valence-corrected chi connectivity index (χ2v) is 6.81. The van der Waals surface area contributed by atoms with E-state index in [1.807, 2.05) is 24.3 Å². The van der Waals surface area contributed by atoms with Crippen LogP contribution in [0.1, 0.15) is 36.8 Å². The van der Waals surface area contributed by atoms with E-state index in [2.05, 4.69) is 43.1 Å². The third kappa shape index (κ3) is 5.60. The fourth-order valence-corrected chi connectivity index (χ4v) is 2.95. The van der Waals surface area contributed by atoms with Crippen LogP contribution in [0.15, 0.2) is 34.9 Å². The minimum atomic E-state index is -0.185. The Morgan fingerprint density at radius 1 is 1.12 bits per heavy atom. The number of aliphatic hydroxyl groups excluding tert-OH is 1. The summed E-state index contributed by atoms with van der Waals surface area (Å²) in [5.41, 5.74) is 7.36. The first-order valence-electron chi connectivity index (χ1n) is 7.95. The zero-order chi connectivity index (χ0) is 16.9. The van der Waals surface area contributed by atoms with Crippen molar-refractivity contribution in [2.75, 3.05) is 11.1 Å². The first-order chi connectivity index (χ1) is 11.6. The van der Waals surface area contributed by atoms with Crippen LogP contribution in [0.4, 0.5) is 11.8 Å². The van der Waals surface area contributed by atoms with Crippen LogP contribution in [-0.2, 0) is 0 Å². The Morgan fingerprint density at radius 2 is 1.80 bits per heavy atom. The van der Waals surface area contributed by atoms with E-state index in [4.69, 9.17) is 5.73 Å². The van der Waals surface area contributed by atoms with Crippen molar-refractivity contribution in [1.82, 2.24) is 9.97 Å². The van der Waals surface area contributed by atoms with Crippen molar-refractivity contribution >= 4 is 40.1 Å². The monoisotopic (exact) mass is 422 g/mol. The molecule has 0 atom stereocenters. The molecule has 1 aliphatic carbocycles. The van der Waals surface area contributed by atoms with Gasteiger partial charge in [-0.25, -0.2) is 4.98 Å². The molecule has 1 aromatic carbocycles. The number of anilines is 2. The average molecular weight is 424 g/mol. The van der Waals surface area contributed by atoms with Crippen molar-refractivity contribution < 1.29 is 5.11 Å². The summed E-state index contributed by atoms with van der Waals surface area (Å²) in [7, 11) is 0. The molecule has 1 saturated carbocycles. The second kappa shape index (κ2) is 9.04. The molecule has 5 nitrogen and oxygen atoms in total. The Balaban J connectivity index is 0.00000225. The van der Waals surface area contributed by atoms with E-state index < -0.39 is 0 Å². The molecule has 0 saturated heterocycles. The lowest BCUT2D eigenvalue weighted by Gasteiger charge is -2.26. The summed E-state index contributed by atoms with van der Waals surface area (Å²) >= 11 is 3.41. The maximum Gasteiger partial charge on any atom is 0.222 e. The van der Waals surface area contributed by atoms with Crippen molar-refractivity contribution in [3.05, 3.63) is 46.1 Å². The molecule has 0 radical (unpaired) electrons. The summed E-state index contributed by atoms with van der Waals surface area (Å²) in [5, 5.41) is 13.0. The summed E-state index contributed by atoms with van der Waals surface area (Å²) in [6, 6.07) is 8.08. The van der Waals surface area contributed by atoms with Gasteiger partial charge in [-0.2, -0.15) is 4.98 Å². The SMILES string of the molecule is Cl.Nc1ncc(C#Cc2ccc(Br)cc2)c(NC2CCC(O)CC2)n1. The minimum Gasteiger partial charge on any atom is -0.393 e. The highest BCUT2D eigenvalue weighted by molar-refractivity contribution is 9.10. The molecule has 25 heavy (non-hydrogen) atoms. The number of rotatable bonds is 2. The maximum absolute atomic E-state index is 9.62. The van der Waals surface area contributed by atoms with Crippen molar-refractivity contribution in [3.63, 3.8) is 0 Å². The van der Waals surface area contributed by atoms with Gasteiger partial charge in [0.1, 0.15) is 5.82 Å². The molecule has 2 aromatic rings. The van der Waals surface area contributed by atoms with Crippen molar-refractivity contribution in [1.29, 1.82) is 0 Å². The molecular formula is C18H20BrClN4O.